The molecule has 0 fully saturated rings. The SMILES string of the molecule is CC(=O)C1=CC=CCC1. The van der Waals surface area contributed by atoms with Crippen LogP contribution in [0.1, 0.15) is 19.8 Å². The minimum Gasteiger partial charge on any atom is -0.295 e. The Kier molecular flexibility index (Phi) is 1.83. The van der Waals surface area contributed by atoms with E-state index in [1.807, 2.05) is 12.2 Å². The molecule has 1 nitrogen and oxygen atoms in total. The number of carbonyl (C=O) groups is 1. The summed E-state index contributed by atoms with van der Waals surface area (Å²) < 4.78 is 0. The first-order valence-corrected chi connectivity index (χ1v) is 3.17. The van der Waals surface area contributed by atoms with E-state index in [1.54, 1.807) is 6.92 Å². The molecule has 9 heavy (non-hydrogen) atoms. The second-order valence-electron chi connectivity index (χ2n) is 2.21. The van der Waals surface area contributed by atoms with E-state index in [0.29, 0.717) is 0 Å². The molecule has 0 aromatic rings. The zero-order chi connectivity index (χ0) is 6.69. The largest absolute Gasteiger partial charge is 0.295 e. The summed E-state index contributed by atoms with van der Waals surface area (Å²) in [7, 11) is 0. The lowest BCUT2D eigenvalue weighted by Gasteiger charge is -2.02. The van der Waals surface area contributed by atoms with Gasteiger partial charge in [0.15, 0.2) is 5.78 Å². The van der Waals surface area contributed by atoms with Crippen LogP contribution in [0.5, 0.6) is 0 Å². The molecule has 1 aliphatic rings. The molecule has 0 aromatic carbocycles. The van der Waals surface area contributed by atoms with Gasteiger partial charge in [0.05, 0.1) is 0 Å². The molecule has 0 unspecified atom stereocenters. The van der Waals surface area contributed by atoms with Crippen molar-refractivity contribution in [3.63, 3.8) is 0 Å². The lowest BCUT2D eigenvalue weighted by Crippen LogP contribution is -1.97. The first-order chi connectivity index (χ1) is 4.30. The third-order valence-electron chi connectivity index (χ3n) is 1.47. The molecule has 0 bridgehead atoms. The highest BCUT2D eigenvalue weighted by atomic mass is 16.1. The van der Waals surface area contributed by atoms with Gasteiger partial charge in [-0.15, -0.1) is 0 Å². The molecule has 48 valence electrons. The average molecular weight is 122 g/mol. The van der Waals surface area contributed by atoms with Gasteiger partial charge in [-0.3, -0.25) is 4.79 Å². The third kappa shape index (κ3) is 1.53. The van der Waals surface area contributed by atoms with Gasteiger partial charge < -0.3 is 0 Å². The van der Waals surface area contributed by atoms with E-state index in [1.165, 1.54) is 0 Å². The zero-order valence-corrected chi connectivity index (χ0v) is 5.55. The van der Waals surface area contributed by atoms with Crippen molar-refractivity contribution >= 4 is 5.78 Å². The Balaban J connectivity index is 2.68. The topological polar surface area (TPSA) is 17.1 Å². The van der Waals surface area contributed by atoms with Crippen LogP contribution in [0.15, 0.2) is 23.8 Å². The second-order valence-corrected chi connectivity index (χ2v) is 2.21. The van der Waals surface area contributed by atoms with Crippen molar-refractivity contribution in [2.75, 3.05) is 0 Å². The Morgan fingerprint density at radius 3 is 2.78 bits per heavy atom. The lowest BCUT2D eigenvalue weighted by atomic mass is 10.0. The molecule has 0 aromatic heterocycles. The maximum atomic E-state index is 10.7. The average Bonchev–Trinajstić information content (AvgIpc) is 1.90. The quantitative estimate of drug-likeness (QED) is 0.518. The smallest absolute Gasteiger partial charge is 0.155 e. The van der Waals surface area contributed by atoms with Gasteiger partial charge in [-0.25, -0.2) is 0 Å². The fourth-order valence-corrected chi connectivity index (χ4v) is 0.896. The summed E-state index contributed by atoms with van der Waals surface area (Å²) in [5.74, 6) is 0.208. The summed E-state index contributed by atoms with van der Waals surface area (Å²) in [6.45, 7) is 1.62. The first-order valence-electron chi connectivity index (χ1n) is 3.17. The van der Waals surface area contributed by atoms with Crippen molar-refractivity contribution in [1.29, 1.82) is 0 Å². The Morgan fingerprint density at radius 1 is 1.67 bits per heavy atom. The molecule has 1 aliphatic carbocycles. The van der Waals surface area contributed by atoms with E-state index in [2.05, 4.69) is 6.08 Å². The van der Waals surface area contributed by atoms with Gasteiger partial charge >= 0.3 is 0 Å². The van der Waals surface area contributed by atoms with Gasteiger partial charge in [0.25, 0.3) is 0 Å². The highest BCUT2D eigenvalue weighted by Gasteiger charge is 2.02. The highest BCUT2D eigenvalue weighted by molar-refractivity contribution is 5.93. The van der Waals surface area contributed by atoms with Crippen molar-refractivity contribution in [2.45, 2.75) is 19.8 Å². The summed E-state index contributed by atoms with van der Waals surface area (Å²) in [4.78, 5) is 10.7. The van der Waals surface area contributed by atoms with Crippen molar-refractivity contribution in [3.05, 3.63) is 23.8 Å². The molecule has 0 spiro atoms. The Hall–Kier alpha value is -0.850. The van der Waals surface area contributed by atoms with Crippen LogP contribution in [0.3, 0.4) is 0 Å². The number of rotatable bonds is 1. The lowest BCUT2D eigenvalue weighted by molar-refractivity contribution is -0.113. The van der Waals surface area contributed by atoms with Gasteiger partial charge in [0.1, 0.15) is 0 Å². The zero-order valence-electron chi connectivity index (χ0n) is 5.55. The van der Waals surface area contributed by atoms with Gasteiger partial charge in [-0.1, -0.05) is 18.2 Å². The highest BCUT2D eigenvalue weighted by Crippen LogP contribution is 2.11. The maximum absolute atomic E-state index is 10.7. The van der Waals surface area contributed by atoms with Gasteiger partial charge in [-0.2, -0.15) is 0 Å². The van der Waals surface area contributed by atoms with Crippen molar-refractivity contribution in [3.8, 4) is 0 Å². The Morgan fingerprint density at radius 2 is 2.44 bits per heavy atom. The van der Waals surface area contributed by atoms with E-state index >= 15 is 0 Å². The van der Waals surface area contributed by atoms with Gasteiger partial charge in [0, 0.05) is 0 Å². The summed E-state index contributed by atoms with van der Waals surface area (Å²) >= 11 is 0. The summed E-state index contributed by atoms with van der Waals surface area (Å²) in [5.41, 5.74) is 0.956. The van der Waals surface area contributed by atoms with Crippen LogP contribution in [-0.2, 0) is 4.79 Å². The predicted molar refractivity (Wildman–Crippen MR) is 37.1 cm³/mol. The van der Waals surface area contributed by atoms with Crippen LogP contribution < -0.4 is 0 Å². The van der Waals surface area contributed by atoms with E-state index < -0.39 is 0 Å². The Bertz CT molecular complexity index is 175. The number of carbonyl (C=O) groups excluding carboxylic acids is 1. The minimum atomic E-state index is 0.208. The molecular weight excluding hydrogens is 112 g/mol. The molecule has 0 amide bonds. The number of hydrogen-bond acceptors (Lipinski definition) is 1. The van der Waals surface area contributed by atoms with E-state index in [9.17, 15) is 4.79 Å². The van der Waals surface area contributed by atoms with Crippen LogP contribution in [0, 0.1) is 0 Å². The predicted octanol–water partition coefficient (Wildman–Crippen LogP) is 1.85. The third-order valence-corrected chi connectivity index (χ3v) is 1.47. The summed E-state index contributed by atoms with van der Waals surface area (Å²) in [6.07, 6.45) is 7.86. The number of hydrogen-bond donors (Lipinski definition) is 0. The van der Waals surface area contributed by atoms with E-state index in [0.717, 1.165) is 18.4 Å². The number of ketones is 1. The summed E-state index contributed by atoms with van der Waals surface area (Å²) in [5, 5.41) is 0. The maximum Gasteiger partial charge on any atom is 0.155 e. The normalized spacial score (nSPS) is 17.2. The molecule has 0 saturated carbocycles. The van der Waals surface area contributed by atoms with Crippen molar-refractivity contribution < 1.29 is 4.79 Å². The molecule has 0 atom stereocenters. The summed E-state index contributed by atoms with van der Waals surface area (Å²) in [6, 6.07) is 0. The second kappa shape index (κ2) is 2.62. The van der Waals surface area contributed by atoms with Gasteiger partial charge in [0.2, 0.25) is 0 Å². The fourth-order valence-electron chi connectivity index (χ4n) is 0.896. The molecule has 0 saturated heterocycles. The molecule has 0 heterocycles. The van der Waals surface area contributed by atoms with Crippen LogP contribution in [0.4, 0.5) is 0 Å². The number of Topliss-reactive ketones (excluding diaryl/α,β-unsaturated/α-hetero) is 1. The molecule has 0 N–H and O–H groups in total. The van der Waals surface area contributed by atoms with Gasteiger partial charge in [-0.05, 0) is 25.3 Å². The molecular formula is C8H10O. The molecule has 1 rings (SSSR count). The first kappa shape index (κ1) is 6.27. The van der Waals surface area contributed by atoms with Crippen LogP contribution in [-0.4, -0.2) is 5.78 Å². The molecule has 1 heteroatoms. The number of allylic oxidation sites excluding steroid dienone is 4. The molecule has 0 aliphatic heterocycles. The minimum absolute atomic E-state index is 0.208. The van der Waals surface area contributed by atoms with E-state index in [4.69, 9.17) is 0 Å². The fraction of sp³-hybridized carbons (Fsp3) is 0.375. The Labute approximate surface area is 55.1 Å². The van der Waals surface area contributed by atoms with Crippen molar-refractivity contribution in [1.82, 2.24) is 0 Å². The molecule has 0 radical (unpaired) electrons. The van der Waals surface area contributed by atoms with Crippen LogP contribution in [0.25, 0.3) is 0 Å². The standard InChI is InChI=1S/C8H10O/c1-7(9)8-5-3-2-4-6-8/h2-3,5H,4,6H2,1H3. The van der Waals surface area contributed by atoms with Crippen molar-refractivity contribution in [2.24, 2.45) is 0 Å². The van der Waals surface area contributed by atoms with E-state index in [-0.39, 0.29) is 5.78 Å². The monoisotopic (exact) mass is 122 g/mol. The van der Waals surface area contributed by atoms with Crippen LogP contribution in [0.2, 0.25) is 0 Å². The van der Waals surface area contributed by atoms with Crippen LogP contribution >= 0.6 is 0 Å².